The van der Waals surface area contributed by atoms with Crippen molar-refractivity contribution in [2.24, 2.45) is 0 Å². The number of aromatic nitrogens is 2. The highest BCUT2D eigenvalue weighted by Crippen LogP contribution is 2.11. The van der Waals surface area contributed by atoms with E-state index in [1.54, 1.807) is 6.20 Å². The summed E-state index contributed by atoms with van der Waals surface area (Å²) < 4.78 is 5.27. The van der Waals surface area contributed by atoms with Crippen LogP contribution in [0.5, 0.6) is 0 Å². The van der Waals surface area contributed by atoms with Gasteiger partial charge in [-0.3, -0.25) is 9.89 Å². The van der Waals surface area contributed by atoms with Gasteiger partial charge in [-0.2, -0.15) is 5.10 Å². The van der Waals surface area contributed by atoms with E-state index < -0.39 is 0 Å². The van der Waals surface area contributed by atoms with Gasteiger partial charge in [0.15, 0.2) is 0 Å². The highest BCUT2D eigenvalue weighted by Gasteiger charge is 2.22. The molecule has 1 aromatic heterocycles. The maximum absolute atomic E-state index is 11.5. The van der Waals surface area contributed by atoms with Gasteiger partial charge in [0, 0.05) is 31.5 Å². The van der Waals surface area contributed by atoms with Gasteiger partial charge in [-0.1, -0.05) is 0 Å². The third-order valence-electron chi connectivity index (χ3n) is 2.47. The Morgan fingerprint density at radius 3 is 3.33 bits per heavy atom. The SMILES string of the molecule is O=C(NCCc1ccn[nH]1)C1CCCO1. The van der Waals surface area contributed by atoms with Gasteiger partial charge in [0.2, 0.25) is 5.91 Å². The number of ether oxygens (including phenoxy) is 1. The normalized spacial score (nSPS) is 20.4. The van der Waals surface area contributed by atoms with Crippen molar-refractivity contribution in [3.8, 4) is 0 Å². The highest BCUT2D eigenvalue weighted by molar-refractivity contribution is 5.80. The Morgan fingerprint density at radius 1 is 1.73 bits per heavy atom. The molecule has 5 heteroatoms. The highest BCUT2D eigenvalue weighted by atomic mass is 16.5. The lowest BCUT2D eigenvalue weighted by molar-refractivity contribution is -0.129. The van der Waals surface area contributed by atoms with Crippen LogP contribution >= 0.6 is 0 Å². The van der Waals surface area contributed by atoms with Gasteiger partial charge in [-0.05, 0) is 18.9 Å². The van der Waals surface area contributed by atoms with Crippen LogP contribution in [0.25, 0.3) is 0 Å². The van der Waals surface area contributed by atoms with E-state index >= 15 is 0 Å². The molecule has 82 valence electrons. The van der Waals surface area contributed by atoms with E-state index in [0.717, 1.165) is 25.0 Å². The summed E-state index contributed by atoms with van der Waals surface area (Å²) in [6.45, 7) is 1.33. The zero-order chi connectivity index (χ0) is 10.5. The van der Waals surface area contributed by atoms with E-state index in [1.165, 1.54) is 0 Å². The molecule has 1 aromatic rings. The zero-order valence-electron chi connectivity index (χ0n) is 8.53. The van der Waals surface area contributed by atoms with Crippen molar-refractivity contribution in [2.75, 3.05) is 13.2 Å². The molecule has 2 heterocycles. The van der Waals surface area contributed by atoms with Crippen LogP contribution in [-0.2, 0) is 16.0 Å². The Hall–Kier alpha value is -1.36. The fourth-order valence-corrected chi connectivity index (χ4v) is 1.64. The summed E-state index contributed by atoms with van der Waals surface area (Å²) in [5, 5.41) is 9.53. The van der Waals surface area contributed by atoms with E-state index in [4.69, 9.17) is 4.74 Å². The molecule has 0 spiro atoms. The lowest BCUT2D eigenvalue weighted by Crippen LogP contribution is -2.35. The minimum absolute atomic E-state index is 0.00650. The van der Waals surface area contributed by atoms with Crippen LogP contribution in [0, 0.1) is 0 Å². The van der Waals surface area contributed by atoms with Gasteiger partial charge >= 0.3 is 0 Å². The summed E-state index contributed by atoms with van der Waals surface area (Å²) in [5.74, 6) is 0.00650. The molecule has 0 bridgehead atoms. The molecule has 0 aromatic carbocycles. The number of nitrogens with zero attached hydrogens (tertiary/aromatic N) is 1. The minimum atomic E-state index is -0.230. The Labute approximate surface area is 88.2 Å². The molecular weight excluding hydrogens is 194 g/mol. The fourth-order valence-electron chi connectivity index (χ4n) is 1.64. The average Bonchev–Trinajstić information content (AvgIpc) is 2.90. The van der Waals surface area contributed by atoms with Crippen molar-refractivity contribution in [1.29, 1.82) is 0 Å². The van der Waals surface area contributed by atoms with Gasteiger partial charge in [0.25, 0.3) is 0 Å². The number of carbonyl (C=O) groups is 1. The summed E-state index contributed by atoms with van der Waals surface area (Å²) in [7, 11) is 0. The number of hydrogen-bond acceptors (Lipinski definition) is 3. The van der Waals surface area contributed by atoms with Gasteiger partial charge < -0.3 is 10.1 Å². The third kappa shape index (κ3) is 2.79. The predicted octanol–water partition coefficient (Wildman–Crippen LogP) is 0.247. The first-order valence-corrected chi connectivity index (χ1v) is 5.24. The maximum atomic E-state index is 11.5. The summed E-state index contributed by atoms with van der Waals surface area (Å²) in [6.07, 6.45) is 4.08. The zero-order valence-corrected chi connectivity index (χ0v) is 8.53. The van der Waals surface area contributed by atoms with Crippen molar-refractivity contribution in [3.05, 3.63) is 18.0 Å². The molecule has 0 aliphatic carbocycles. The first kappa shape index (κ1) is 10.2. The standard InChI is InChI=1S/C10H15N3O2/c14-10(9-2-1-7-15-9)11-5-3-8-4-6-12-13-8/h4,6,9H,1-3,5,7H2,(H,11,14)(H,12,13). The molecular formula is C10H15N3O2. The van der Waals surface area contributed by atoms with Crippen LogP contribution in [0.3, 0.4) is 0 Å². The Balaban J connectivity index is 1.67. The molecule has 1 fully saturated rings. The second kappa shape index (κ2) is 4.93. The average molecular weight is 209 g/mol. The van der Waals surface area contributed by atoms with Crippen molar-refractivity contribution in [3.63, 3.8) is 0 Å². The molecule has 0 saturated carbocycles. The number of H-pyrrole nitrogens is 1. The number of amides is 1. The van der Waals surface area contributed by atoms with Crippen LogP contribution in [0.2, 0.25) is 0 Å². The summed E-state index contributed by atoms with van der Waals surface area (Å²) >= 11 is 0. The molecule has 1 saturated heterocycles. The largest absolute Gasteiger partial charge is 0.368 e. The van der Waals surface area contributed by atoms with Gasteiger partial charge in [-0.25, -0.2) is 0 Å². The molecule has 15 heavy (non-hydrogen) atoms. The molecule has 1 atom stereocenters. The van der Waals surface area contributed by atoms with Crippen LogP contribution in [0.15, 0.2) is 12.3 Å². The van der Waals surface area contributed by atoms with Crippen molar-refractivity contribution in [1.82, 2.24) is 15.5 Å². The quantitative estimate of drug-likeness (QED) is 0.746. The van der Waals surface area contributed by atoms with E-state index in [-0.39, 0.29) is 12.0 Å². The number of rotatable bonds is 4. The fraction of sp³-hybridized carbons (Fsp3) is 0.600. The van der Waals surface area contributed by atoms with Crippen LogP contribution in [-0.4, -0.2) is 35.4 Å². The molecule has 1 amide bonds. The molecule has 0 radical (unpaired) electrons. The number of nitrogens with one attached hydrogen (secondary N) is 2. The first-order valence-electron chi connectivity index (χ1n) is 5.24. The monoisotopic (exact) mass is 209 g/mol. The molecule has 2 rings (SSSR count). The smallest absolute Gasteiger partial charge is 0.249 e. The summed E-state index contributed by atoms with van der Waals surface area (Å²) in [6, 6.07) is 1.90. The lowest BCUT2D eigenvalue weighted by Gasteiger charge is -2.09. The Bertz CT molecular complexity index is 304. The Kier molecular flexibility index (Phi) is 3.34. The van der Waals surface area contributed by atoms with Gasteiger partial charge in [-0.15, -0.1) is 0 Å². The number of carbonyl (C=O) groups excluding carboxylic acids is 1. The second-order valence-corrected chi connectivity index (χ2v) is 3.62. The van der Waals surface area contributed by atoms with E-state index in [9.17, 15) is 4.79 Å². The van der Waals surface area contributed by atoms with Crippen molar-refractivity contribution >= 4 is 5.91 Å². The minimum Gasteiger partial charge on any atom is -0.368 e. The maximum Gasteiger partial charge on any atom is 0.249 e. The summed E-state index contributed by atoms with van der Waals surface area (Å²) in [5.41, 5.74) is 1.03. The lowest BCUT2D eigenvalue weighted by atomic mass is 10.2. The number of aromatic amines is 1. The van der Waals surface area contributed by atoms with E-state index in [1.807, 2.05) is 6.07 Å². The van der Waals surface area contributed by atoms with Crippen molar-refractivity contribution in [2.45, 2.75) is 25.4 Å². The number of hydrogen-bond donors (Lipinski definition) is 2. The van der Waals surface area contributed by atoms with Crippen LogP contribution in [0.1, 0.15) is 18.5 Å². The van der Waals surface area contributed by atoms with Crippen LogP contribution in [0.4, 0.5) is 0 Å². The molecule has 5 nitrogen and oxygen atoms in total. The van der Waals surface area contributed by atoms with Crippen LogP contribution < -0.4 is 5.32 Å². The molecule has 2 N–H and O–H groups in total. The Morgan fingerprint density at radius 2 is 2.67 bits per heavy atom. The molecule has 1 unspecified atom stereocenters. The first-order chi connectivity index (χ1) is 7.36. The third-order valence-corrected chi connectivity index (χ3v) is 2.47. The van der Waals surface area contributed by atoms with Gasteiger partial charge in [0.05, 0.1) is 0 Å². The van der Waals surface area contributed by atoms with E-state index in [0.29, 0.717) is 13.2 Å². The predicted molar refractivity (Wildman–Crippen MR) is 54.3 cm³/mol. The summed E-state index contributed by atoms with van der Waals surface area (Å²) in [4.78, 5) is 11.5. The molecule has 1 aliphatic rings. The van der Waals surface area contributed by atoms with Gasteiger partial charge in [0.1, 0.15) is 6.10 Å². The molecule has 1 aliphatic heterocycles. The topological polar surface area (TPSA) is 67.0 Å². The van der Waals surface area contributed by atoms with E-state index in [2.05, 4.69) is 15.5 Å². The van der Waals surface area contributed by atoms with Crippen molar-refractivity contribution < 1.29 is 9.53 Å². The second-order valence-electron chi connectivity index (χ2n) is 3.62.